The molecule has 1 N–H and O–H groups in total. The van der Waals surface area contributed by atoms with Crippen LogP contribution >= 0.6 is 0 Å². The average molecular weight is 400 g/mol. The van der Waals surface area contributed by atoms with E-state index in [0.29, 0.717) is 23.3 Å². The largest absolute Gasteiger partial charge is 0.338 e. The molecule has 0 bridgehead atoms. The van der Waals surface area contributed by atoms with Gasteiger partial charge in [0.25, 0.3) is 5.56 Å². The second kappa shape index (κ2) is 7.39. The van der Waals surface area contributed by atoms with E-state index in [0.717, 1.165) is 35.3 Å². The quantitative estimate of drug-likeness (QED) is 0.545. The van der Waals surface area contributed by atoms with Gasteiger partial charge in [0, 0.05) is 42.3 Å². The van der Waals surface area contributed by atoms with Gasteiger partial charge < -0.3 is 9.80 Å². The van der Waals surface area contributed by atoms with E-state index in [1.165, 1.54) is 6.07 Å². The third-order valence-corrected chi connectivity index (χ3v) is 5.62. The van der Waals surface area contributed by atoms with E-state index in [9.17, 15) is 4.79 Å². The van der Waals surface area contributed by atoms with Crippen LogP contribution in [0.3, 0.4) is 0 Å². The number of anilines is 2. The lowest BCUT2D eigenvalue weighted by Crippen LogP contribution is -2.26. The summed E-state index contributed by atoms with van der Waals surface area (Å²) in [4.78, 5) is 15.6. The zero-order valence-corrected chi connectivity index (χ0v) is 16.6. The highest BCUT2D eigenvalue weighted by Gasteiger charge is 2.23. The minimum atomic E-state index is -0.230. The lowest BCUT2D eigenvalue weighted by Gasteiger charge is -2.26. The molecule has 0 saturated carbocycles. The Bertz CT molecular complexity index is 1280. The van der Waals surface area contributed by atoms with Gasteiger partial charge in [-0.2, -0.15) is 5.10 Å². The van der Waals surface area contributed by atoms with Crippen molar-refractivity contribution in [2.45, 2.75) is 6.54 Å². The number of nitrogens with one attached hydrogen (secondary N) is 1. The molecule has 30 heavy (non-hydrogen) atoms. The van der Waals surface area contributed by atoms with E-state index in [1.807, 2.05) is 48.5 Å². The average Bonchev–Trinajstić information content (AvgIpc) is 2.92. The first kappa shape index (κ1) is 18.5. The van der Waals surface area contributed by atoms with Crippen LogP contribution in [0.2, 0.25) is 0 Å². The number of likely N-dealkylation sites (N-methyl/N-ethyl adjacent to an activating group) is 1. The van der Waals surface area contributed by atoms with E-state index < -0.39 is 0 Å². The van der Waals surface area contributed by atoms with E-state index in [2.05, 4.69) is 33.1 Å². The Morgan fingerprint density at radius 3 is 2.63 bits per heavy atom. The summed E-state index contributed by atoms with van der Waals surface area (Å²) in [6.45, 7) is 2.25. The summed E-state index contributed by atoms with van der Waals surface area (Å²) in [6.07, 6.45) is 0. The number of rotatable bonds is 2. The van der Waals surface area contributed by atoms with Crippen molar-refractivity contribution < 1.29 is 4.39 Å². The monoisotopic (exact) mass is 400 g/mol. The molecule has 4 aromatic rings. The molecule has 0 fully saturated rings. The molecule has 0 radical (unpaired) electrons. The number of fused-ring (bicyclic) bond motifs is 2. The Hall–Kier alpha value is -3.51. The highest BCUT2D eigenvalue weighted by Crippen LogP contribution is 2.37. The minimum absolute atomic E-state index is 0.199. The maximum absolute atomic E-state index is 15.5. The number of hydrogen-bond donors (Lipinski definition) is 1. The Morgan fingerprint density at radius 2 is 1.80 bits per heavy atom. The van der Waals surface area contributed by atoms with Crippen molar-refractivity contribution in [1.82, 2.24) is 15.1 Å². The predicted octanol–water partition coefficient (Wildman–Crippen LogP) is 4.31. The standard InChI is InChI=1S/C24H21FN4O/c1-28-12-13-29(22-10-6-16-4-2-3-5-19(16)24(22)25)21-9-7-17(14-18(21)15-28)20-8-11-23(30)27-26-20/h2-11,14H,12-13,15H2,1H3,(H,27,30). The summed E-state index contributed by atoms with van der Waals surface area (Å²) in [5.74, 6) is -0.199. The van der Waals surface area contributed by atoms with Crippen LogP contribution in [0.15, 0.2) is 71.5 Å². The van der Waals surface area contributed by atoms with Crippen molar-refractivity contribution in [3.8, 4) is 11.3 Å². The summed E-state index contributed by atoms with van der Waals surface area (Å²) in [5.41, 5.74) is 4.05. The molecular weight excluding hydrogens is 379 g/mol. The molecule has 150 valence electrons. The maximum atomic E-state index is 15.5. The summed E-state index contributed by atoms with van der Waals surface area (Å²) in [5, 5.41) is 8.15. The van der Waals surface area contributed by atoms with Crippen LogP contribution in [-0.2, 0) is 6.54 Å². The van der Waals surface area contributed by atoms with Gasteiger partial charge in [-0.05, 0) is 42.3 Å². The lowest BCUT2D eigenvalue weighted by molar-refractivity contribution is 0.343. The molecule has 0 saturated heterocycles. The van der Waals surface area contributed by atoms with Gasteiger partial charge in [-0.1, -0.05) is 36.4 Å². The third-order valence-electron chi connectivity index (χ3n) is 5.62. The van der Waals surface area contributed by atoms with Crippen LogP contribution in [0.5, 0.6) is 0 Å². The van der Waals surface area contributed by atoms with E-state index >= 15 is 4.39 Å². The fourth-order valence-electron chi connectivity index (χ4n) is 4.08. The maximum Gasteiger partial charge on any atom is 0.264 e. The van der Waals surface area contributed by atoms with Crippen molar-refractivity contribution >= 4 is 22.1 Å². The first-order chi connectivity index (χ1) is 14.6. The lowest BCUT2D eigenvalue weighted by atomic mass is 10.0. The van der Waals surface area contributed by atoms with E-state index in [1.54, 1.807) is 6.07 Å². The van der Waals surface area contributed by atoms with Crippen LogP contribution in [0.1, 0.15) is 5.56 Å². The van der Waals surface area contributed by atoms with Gasteiger partial charge in [-0.3, -0.25) is 4.79 Å². The van der Waals surface area contributed by atoms with E-state index in [-0.39, 0.29) is 11.4 Å². The van der Waals surface area contributed by atoms with Crippen LogP contribution in [0, 0.1) is 5.82 Å². The van der Waals surface area contributed by atoms with Crippen LogP contribution in [-0.4, -0.2) is 35.2 Å². The molecule has 5 rings (SSSR count). The first-order valence-corrected chi connectivity index (χ1v) is 9.92. The number of aromatic amines is 1. The fourth-order valence-corrected chi connectivity index (χ4v) is 4.08. The smallest absolute Gasteiger partial charge is 0.264 e. The second-order valence-electron chi connectivity index (χ2n) is 7.66. The summed E-state index contributed by atoms with van der Waals surface area (Å²) >= 11 is 0. The molecule has 0 aliphatic carbocycles. The van der Waals surface area contributed by atoms with Crippen LogP contribution in [0.4, 0.5) is 15.8 Å². The number of H-pyrrole nitrogens is 1. The van der Waals surface area contributed by atoms with Crippen LogP contribution in [0.25, 0.3) is 22.0 Å². The van der Waals surface area contributed by atoms with Gasteiger partial charge in [0.15, 0.2) is 5.82 Å². The molecule has 6 heteroatoms. The van der Waals surface area contributed by atoms with Gasteiger partial charge >= 0.3 is 0 Å². The van der Waals surface area contributed by atoms with Crippen molar-refractivity contribution in [1.29, 1.82) is 0 Å². The molecule has 0 atom stereocenters. The Kier molecular flexibility index (Phi) is 4.56. The van der Waals surface area contributed by atoms with Crippen molar-refractivity contribution in [2.24, 2.45) is 0 Å². The molecule has 3 aromatic carbocycles. The minimum Gasteiger partial charge on any atom is -0.338 e. The summed E-state index contributed by atoms with van der Waals surface area (Å²) in [6, 6.07) is 20.6. The topological polar surface area (TPSA) is 52.2 Å². The van der Waals surface area contributed by atoms with Crippen LogP contribution < -0.4 is 10.5 Å². The SMILES string of the molecule is CN1CCN(c2ccc3ccccc3c2F)c2ccc(-c3ccc(=O)[nH]n3)cc2C1. The van der Waals surface area contributed by atoms with Gasteiger partial charge in [-0.25, -0.2) is 9.49 Å². The van der Waals surface area contributed by atoms with E-state index in [4.69, 9.17) is 0 Å². The molecule has 5 nitrogen and oxygen atoms in total. The Morgan fingerprint density at radius 1 is 0.967 bits per heavy atom. The molecule has 1 aliphatic heterocycles. The Balaban J connectivity index is 1.63. The number of halogens is 1. The first-order valence-electron chi connectivity index (χ1n) is 9.92. The number of hydrogen-bond acceptors (Lipinski definition) is 4. The van der Waals surface area contributed by atoms with Gasteiger partial charge in [0.05, 0.1) is 11.4 Å². The molecule has 2 heterocycles. The number of nitrogens with zero attached hydrogens (tertiary/aromatic N) is 3. The second-order valence-corrected chi connectivity index (χ2v) is 7.66. The molecule has 1 aliphatic rings. The summed E-state index contributed by atoms with van der Waals surface area (Å²) < 4.78 is 15.5. The zero-order chi connectivity index (χ0) is 20.7. The molecule has 0 unspecified atom stereocenters. The van der Waals surface area contributed by atoms with Gasteiger partial charge in [0.1, 0.15) is 0 Å². The normalized spacial score (nSPS) is 14.5. The molecule has 0 spiro atoms. The predicted molar refractivity (Wildman–Crippen MR) is 118 cm³/mol. The molecule has 0 amide bonds. The third kappa shape index (κ3) is 3.25. The molecule has 1 aromatic heterocycles. The van der Waals surface area contributed by atoms with Crippen molar-refractivity contribution in [2.75, 3.05) is 25.0 Å². The number of benzene rings is 3. The zero-order valence-electron chi connectivity index (χ0n) is 16.6. The highest BCUT2D eigenvalue weighted by molar-refractivity contribution is 5.88. The Labute approximate surface area is 173 Å². The van der Waals surface area contributed by atoms with Gasteiger partial charge in [0.2, 0.25) is 0 Å². The van der Waals surface area contributed by atoms with Crippen molar-refractivity contribution in [3.63, 3.8) is 0 Å². The number of aromatic nitrogens is 2. The summed E-state index contributed by atoms with van der Waals surface area (Å²) in [7, 11) is 2.06. The molecular formula is C24H21FN4O. The van der Waals surface area contributed by atoms with Crippen molar-refractivity contribution in [3.05, 3.63) is 88.5 Å². The fraction of sp³-hybridized carbons (Fsp3) is 0.167. The van der Waals surface area contributed by atoms with Gasteiger partial charge in [-0.15, -0.1) is 0 Å². The highest BCUT2D eigenvalue weighted by atomic mass is 19.1.